The van der Waals surface area contributed by atoms with Crippen LogP contribution in [0, 0.1) is 13.8 Å². The van der Waals surface area contributed by atoms with E-state index < -0.39 is 0 Å². The highest BCUT2D eigenvalue weighted by atomic mass is 35.5. The SMILES string of the molecule is Cc1cccc(C(N)c2ncc(Cl)cc2Cl)c1C. The number of nitrogens with two attached hydrogens (primary N) is 1. The molecule has 0 aliphatic heterocycles. The van der Waals surface area contributed by atoms with Gasteiger partial charge in [-0.25, -0.2) is 0 Å². The number of nitrogens with zero attached hydrogens (tertiary/aromatic N) is 1. The minimum absolute atomic E-state index is 0.338. The fourth-order valence-electron chi connectivity index (χ4n) is 1.91. The molecular formula is C14H14Cl2N2. The first-order valence-electron chi connectivity index (χ1n) is 5.63. The number of aromatic nitrogens is 1. The van der Waals surface area contributed by atoms with Gasteiger partial charge in [-0.1, -0.05) is 41.4 Å². The highest BCUT2D eigenvalue weighted by Crippen LogP contribution is 2.29. The molecule has 0 fully saturated rings. The summed E-state index contributed by atoms with van der Waals surface area (Å²) in [5.74, 6) is 0. The van der Waals surface area contributed by atoms with Crippen LogP contribution in [0.25, 0.3) is 0 Å². The molecule has 0 aliphatic carbocycles. The van der Waals surface area contributed by atoms with Gasteiger partial charge in [0.15, 0.2) is 0 Å². The van der Waals surface area contributed by atoms with Crippen molar-refractivity contribution in [2.75, 3.05) is 0 Å². The van der Waals surface area contributed by atoms with Gasteiger partial charge in [0.2, 0.25) is 0 Å². The van der Waals surface area contributed by atoms with Gasteiger partial charge in [-0.3, -0.25) is 4.98 Å². The largest absolute Gasteiger partial charge is 0.319 e. The Morgan fingerprint density at radius 3 is 2.61 bits per heavy atom. The molecule has 94 valence electrons. The lowest BCUT2D eigenvalue weighted by Gasteiger charge is -2.17. The van der Waals surface area contributed by atoms with Crippen molar-refractivity contribution in [3.8, 4) is 0 Å². The van der Waals surface area contributed by atoms with Gasteiger partial charge >= 0.3 is 0 Å². The zero-order chi connectivity index (χ0) is 13.3. The van der Waals surface area contributed by atoms with E-state index in [0.29, 0.717) is 15.7 Å². The summed E-state index contributed by atoms with van der Waals surface area (Å²) in [5.41, 5.74) is 10.3. The lowest BCUT2D eigenvalue weighted by Crippen LogP contribution is -2.15. The van der Waals surface area contributed by atoms with Gasteiger partial charge in [0.25, 0.3) is 0 Å². The Labute approximate surface area is 117 Å². The van der Waals surface area contributed by atoms with Crippen LogP contribution < -0.4 is 5.73 Å². The normalized spacial score (nSPS) is 12.5. The van der Waals surface area contributed by atoms with E-state index in [4.69, 9.17) is 28.9 Å². The maximum Gasteiger partial charge on any atom is 0.0803 e. The molecule has 1 aromatic heterocycles. The maximum absolute atomic E-state index is 6.25. The summed E-state index contributed by atoms with van der Waals surface area (Å²) < 4.78 is 0. The molecule has 0 saturated carbocycles. The molecule has 0 aliphatic rings. The van der Waals surface area contributed by atoms with Crippen LogP contribution in [0.15, 0.2) is 30.5 Å². The Balaban J connectivity index is 2.48. The molecule has 2 rings (SSSR count). The molecular weight excluding hydrogens is 267 g/mol. The third-order valence-electron chi connectivity index (χ3n) is 3.11. The van der Waals surface area contributed by atoms with E-state index in [2.05, 4.69) is 18.0 Å². The van der Waals surface area contributed by atoms with Crippen LogP contribution in [0.5, 0.6) is 0 Å². The summed E-state index contributed by atoms with van der Waals surface area (Å²) in [6.07, 6.45) is 1.56. The molecule has 0 bridgehead atoms. The van der Waals surface area contributed by atoms with Crippen molar-refractivity contribution in [2.45, 2.75) is 19.9 Å². The lowest BCUT2D eigenvalue weighted by molar-refractivity contribution is 0.819. The van der Waals surface area contributed by atoms with Gasteiger partial charge in [0, 0.05) is 6.20 Å². The predicted octanol–water partition coefficient (Wildman–Crippen LogP) is 4.05. The maximum atomic E-state index is 6.25. The molecule has 1 unspecified atom stereocenters. The van der Waals surface area contributed by atoms with Gasteiger partial charge < -0.3 is 5.73 Å². The van der Waals surface area contributed by atoms with E-state index in [1.807, 2.05) is 19.1 Å². The minimum atomic E-state index is -0.338. The summed E-state index contributed by atoms with van der Waals surface area (Å²) in [6, 6.07) is 7.37. The van der Waals surface area contributed by atoms with Crippen LogP contribution >= 0.6 is 23.2 Å². The van der Waals surface area contributed by atoms with Crippen LogP contribution in [0.3, 0.4) is 0 Å². The van der Waals surface area contributed by atoms with Crippen LogP contribution in [0.2, 0.25) is 10.0 Å². The Hall–Kier alpha value is -1.09. The molecule has 1 atom stereocenters. The second-order valence-electron chi connectivity index (χ2n) is 4.29. The smallest absolute Gasteiger partial charge is 0.0803 e. The van der Waals surface area contributed by atoms with E-state index in [1.165, 1.54) is 5.56 Å². The zero-order valence-corrected chi connectivity index (χ0v) is 11.8. The van der Waals surface area contributed by atoms with Crippen molar-refractivity contribution >= 4 is 23.2 Å². The minimum Gasteiger partial charge on any atom is -0.319 e. The van der Waals surface area contributed by atoms with Crippen LogP contribution in [-0.2, 0) is 0 Å². The molecule has 0 amide bonds. The summed E-state index contributed by atoms with van der Waals surface area (Å²) >= 11 is 12.0. The molecule has 1 aromatic carbocycles. The number of hydrogen-bond acceptors (Lipinski definition) is 2. The van der Waals surface area contributed by atoms with Gasteiger partial charge in [0.1, 0.15) is 0 Å². The number of rotatable bonds is 2. The third kappa shape index (κ3) is 2.51. The van der Waals surface area contributed by atoms with Crippen molar-refractivity contribution in [3.05, 3.63) is 62.9 Å². The Morgan fingerprint density at radius 2 is 1.94 bits per heavy atom. The Morgan fingerprint density at radius 1 is 1.22 bits per heavy atom. The zero-order valence-electron chi connectivity index (χ0n) is 10.2. The summed E-state index contributed by atoms with van der Waals surface area (Å²) in [7, 11) is 0. The number of aryl methyl sites for hydroxylation is 1. The molecule has 0 radical (unpaired) electrons. The van der Waals surface area contributed by atoms with Crippen LogP contribution in [0.4, 0.5) is 0 Å². The lowest BCUT2D eigenvalue weighted by atomic mass is 9.96. The van der Waals surface area contributed by atoms with Gasteiger partial charge in [-0.15, -0.1) is 0 Å². The van der Waals surface area contributed by atoms with Gasteiger partial charge in [-0.05, 0) is 36.6 Å². The molecule has 4 heteroatoms. The number of hydrogen-bond donors (Lipinski definition) is 1. The molecule has 2 nitrogen and oxygen atoms in total. The summed E-state index contributed by atoms with van der Waals surface area (Å²) in [5, 5.41) is 1.01. The first-order chi connectivity index (χ1) is 8.50. The number of halogens is 2. The molecule has 2 aromatic rings. The summed E-state index contributed by atoms with van der Waals surface area (Å²) in [4.78, 5) is 4.24. The van der Waals surface area contributed by atoms with E-state index in [1.54, 1.807) is 12.3 Å². The average molecular weight is 281 g/mol. The first-order valence-corrected chi connectivity index (χ1v) is 6.39. The van der Waals surface area contributed by atoms with Crippen molar-refractivity contribution in [2.24, 2.45) is 5.73 Å². The molecule has 1 heterocycles. The number of pyridine rings is 1. The molecule has 18 heavy (non-hydrogen) atoms. The molecule has 0 spiro atoms. The topological polar surface area (TPSA) is 38.9 Å². The van der Waals surface area contributed by atoms with Gasteiger partial charge in [0.05, 0.1) is 21.8 Å². The first kappa shape index (κ1) is 13.3. The van der Waals surface area contributed by atoms with Crippen LogP contribution in [-0.4, -0.2) is 4.98 Å². The van der Waals surface area contributed by atoms with Crippen molar-refractivity contribution in [3.63, 3.8) is 0 Å². The Bertz CT molecular complexity index is 582. The van der Waals surface area contributed by atoms with E-state index in [0.717, 1.165) is 11.1 Å². The van der Waals surface area contributed by atoms with Crippen LogP contribution in [0.1, 0.15) is 28.4 Å². The summed E-state index contributed by atoms with van der Waals surface area (Å²) in [6.45, 7) is 4.11. The molecule has 0 saturated heterocycles. The third-order valence-corrected chi connectivity index (χ3v) is 3.62. The van der Waals surface area contributed by atoms with Crippen molar-refractivity contribution < 1.29 is 0 Å². The fourth-order valence-corrected chi connectivity index (χ4v) is 2.41. The van der Waals surface area contributed by atoms with E-state index in [9.17, 15) is 0 Å². The monoisotopic (exact) mass is 280 g/mol. The Kier molecular flexibility index (Phi) is 3.91. The average Bonchev–Trinajstić information content (AvgIpc) is 2.32. The second kappa shape index (κ2) is 5.27. The van der Waals surface area contributed by atoms with E-state index >= 15 is 0 Å². The van der Waals surface area contributed by atoms with E-state index in [-0.39, 0.29) is 6.04 Å². The predicted molar refractivity (Wildman–Crippen MR) is 76.2 cm³/mol. The fraction of sp³-hybridized carbons (Fsp3) is 0.214. The van der Waals surface area contributed by atoms with Gasteiger partial charge in [-0.2, -0.15) is 0 Å². The van der Waals surface area contributed by atoms with Crippen molar-refractivity contribution in [1.82, 2.24) is 4.98 Å². The number of benzene rings is 1. The second-order valence-corrected chi connectivity index (χ2v) is 5.13. The highest BCUT2D eigenvalue weighted by Gasteiger charge is 2.16. The van der Waals surface area contributed by atoms with Crippen molar-refractivity contribution in [1.29, 1.82) is 0 Å². The highest BCUT2D eigenvalue weighted by molar-refractivity contribution is 6.34. The standard InChI is InChI=1S/C14H14Cl2N2/c1-8-4-3-5-11(9(8)2)13(17)14-12(16)6-10(15)7-18-14/h3-7,13H,17H2,1-2H3. The molecule has 2 N–H and O–H groups in total. The quantitative estimate of drug-likeness (QED) is 0.901.